The predicted octanol–water partition coefficient (Wildman–Crippen LogP) is 4.97. The molecular formula is C22H18ClFN2O2. The third kappa shape index (κ3) is 4.56. The second-order valence-electron chi connectivity index (χ2n) is 6.25. The first-order valence-corrected chi connectivity index (χ1v) is 9.01. The van der Waals surface area contributed by atoms with Gasteiger partial charge in [-0.2, -0.15) is 0 Å². The second-order valence-corrected chi connectivity index (χ2v) is 6.66. The van der Waals surface area contributed by atoms with E-state index in [1.165, 1.54) is 6.07 Å². The van der Waals surface area contributed by atoms with Crippen molar-refractivity contribution in [1.82, 2.24) is 5.32 Å². The highest BCUT2D eigenvalue weighted by Crippen LogP contribution is 2.23. The third-order valence-corrected chi connectivity index (χ3v) is 4.55. The van der Waals surface area contributed by atoms with Crippen molar-refractivity contribution in [2.24, 2.45) is 0 Å². The molecule has 3 aromatic carbocycles. The third-order valence-electron chi connectivity index (χ3n) is 4.24. The van der Waals surface area contributed by atoms with E-state index in [0.29, 0.717) is 5.69 Å². The van der Waals surface area contributed by atoms with Gasteiger partial charge >= 0.3 is 0 Å². The number of carbonyl (C=O) groups excluding carboxylic acids is 2. The van der Waals surface area contributed by atoms with Crippen molar-refractivity contribution in [3.8, 4) is 0 Å². The lowest BCUT2D eigenvalue weighted by Crippen LogP contribution is -2.24. The molecule has 0 aliphatic carbocycles. The highest BCUT2D eigenvalue weighted by Gasteiger charge is 2.19. The Hall–Kier alpha value is -3.18. The van der Waals surface area contributed by atoms with Crippen LogP contribution in [0.5, 0.6) is 0 Å². The summed E-state index contributed by atoms with van der Waals surface area (Å²) in [4.78, 5) is 25.0. The molecule has 0 bridgehead atoms. The maximum absolute atomic E-state index is 14.3. The molecule has 0 unspecified atom stereocenters. The van der Waals surface area contributed by atoms with Crippen molar-refractivity contribution in [2.75, 3.05) is 5.32 Å². The number of aryl methyl sites for hydroxylation is 1. The first kappa shape index (κ1) is 19.6. The van der Waals surface area contributed by atoms with Crippen molar-refractivity contribution in [3.05, 3.63) is 99.8 Å². The van der Waals surface area contributed by atoms with Gasteiger partial charge in [0.15, 0.2) is 0 Å². The van der Waals surface area contributed by atoms with E-state index in [4.69, 9.17) is 11.6 Å². The topological polar surface area (TPSA) is 58.2 Å². The smallest absolute Gasteiger partial charge is 0.257 e. The number of amides is 2. The summed E-state index contributed by atoms with van der Waals surface area (Å²) in [7, 11) is 0. The minimum atomic E-state index is -0.789. The lowest BCUT2D eigenvalue weighted by atomic mass is 10.1. The van der Waals surface area contributed by atoms with Crippen LogP contribution in [0.4, 0.5) is 10.1 Å². The summed E-state index contributed by atoms with van der Waals surface area (Å²) >= 11 is 6.05. The van der Waals surface area contributed by atoms with Crippen LogP contribution in [0.15, 0.2) is 66.7 Å². The molecule has 3 rings (SSSR count). The normalized spacial score (nSPS) is 10.4. The molecule has 0 heterocycles. The van der Waals surface area contributed by atoms with E-state index in [2.05, 4.69) is 10.6 Å². The van der Waals surface area contributed by atoms with Gasteiger partial charge < -0.3 is 10.6 Å². The number of nitrogens with one attached hydrogen (secondary N) is 2. The molecule has 3 aromatic rings. The molecule has 0 atom stereocenters. The van der Waals surface area contributed by atoms with Gasteiger partial charge in [0, 0.05) is 12.2 Å². The summed E-state index contributed by atoms with van der Waals surface area (Å²) in [5.41, 5.74) is 2.15. The molecule has 142 valence electrons. The highest BCUT2D eigenvalue weighted by molar-refractivity contribution is 6.34. The van der Waals surface area contributed by atoms with Crippen LogP contribution in [0.25, 0.3) is 0 Å². The molecule has 2 amide bonds. The van der Waals surface area contributed by atoms with Crippen LogP contribution >= 0.6 is 11.6 Å². The summed E-state index contributed by atoms with van der Waals surface area (Å²) in [5, 5.41) is 5.31. The Labute approximate surface area is 167 Å². The summed E-state index contributed by atoms with van der Waals surface area (Å²) in [6.07, 6.45) is 0. The largest absolute Gasteiger partial charge is 0.348 e. The van der Waals surface area contributed by atoms with Crippen LogP contribution in [-0.4, -0.2) is 11.8 Å². The Kier molecular flexibility index (Phi) is 6.06. The average Bonchev–Trinajstić information content (AvgIpc) is 2.68. The van der Waals surface area contributed by atoms with Gasteiger partial charge in [-0.3, -0.25) is 9.59 Å². The zero-order chi connectivity index (χ0) is 20.1. The van der Waals surface area contributed by atoms with Crippen molar-refractivity contribution in [1.29, 1.82) is 0 Å². The van der Waals surface area contributed by atoms with Crippen molar-refractivity contribution in [3.63, 3.8) is 0 Å². The summed E-state index contributed by atoms with van der Waals surface area (Å²) < 4.78 is 14.3. The fraction of sp³-hybridized carbons (Fsp3) is 0.0909. The standard InChI is InChI=1S/C22H18ClFN2O2/c1-14-7-5-6-10-20(14)26-22(28)16-11-17(19(24)12-18(16)23)21(27)25-13-15-8-3-2-4-9-15/h2-12H,13H2,1H3,(H,25,27)(H,26,28). The van der Waals surface area contributed by atoms with Crippen LogP contribution in [0.1, 0.15) is 31.8 Å². The van der Waals surface area contributed by atoms with Gasteiger partial charge in [0.05, 0.1) is 16.1 Å². The molecular weight excluding hydrogens is 379 g/mol. The zero-order valence-electron chi connectivity index (χ0n) is 15.1. The SMILES string of the molecule is Cc1ccccc1NC(=O)c1cc(C(=O)NCc2ccccc2)c(F)cc1Cl. The lowest BCUT2D eigenvalue weighted by molar-refractivity contribution is 0.0947. The quantitative estimate of drug-likeness (QED) is 0.639. The van der Waals surface area contributed by atoms with E-state index in [9.17, 15) is 14.0 Å². The van der Waals surface area contributed by atoms with Crippen molar-refractivity contribution >= 4 is 29.1 Å². The number of rotatable bonds is 5. The summed E-state index contributed by atoms with van der Waals surface area (Å²) in [6, 6.07) is 18.6. The number of para-hydroxylation sites is 1. The van der Waals surface area contributed by atoms with Gasteiger partial charge in [-0.05, 0) is 36.2 Å². The molecule has 0 spiro atoms. The average molecular weight is 397 g/mol. The molecule has 6 heteroatoms. The fourth-order valence-electron chi connectivity index (χ4n) is 2.67. The Morgan fingerprint density at radius 3 is 2.32 bits per heavy atom. The molecule has 2 N–H and O–H groups in total. The van der Waals surface area contributed by atoms with Crippen molar-refractivity contribution in [2.45, 2.75) is 13.5 Å². The van der Waals surface area contributed by atoms with E-state index in [0.717, 1.165) is 17.2 Å². The van der Waals surface area contributed by atoms with Crippen LogP contribution in [-0.2, 0) is 6.54 Å². The number of anilines is 1. The van der Waals surface area contributed by atoms with Gasteiger partial charge in [0.1, 0.15) is 5.82 Å². The maximum Gasteiger partial charge on any atom is 0.257 e. The summed E-state index contributed by atoms with van der Waals surface area (Å²) in [5.74, 6) is -1.93. The first-order valence-electron chi connectivity index (χ1n) is 8.64. The summed E-state index contributed by atoms with van der Waals surface area (Å²) in [6.45, 7) is 2.09. The molecule has 4 nitrogen and oxygen atoms in total. The number of hydrogen-bond donors (Lipinski definition) is 2. The number of halogens is 2. The van der Waals surface area contributed by atoms with Gasteiger partial charge in [0.2, 0.25) is 0 Å². The predicted molar refractivity (Wildman–Crippen MR) is 108 cm³/mol. The van der Waals surface area contributed by atoms with Crippen LogP contribution in [0.2, 0.25) is 5.02 Å². The molecule has 0 fully saturated rings. The number of benzene rings is 3. The molecule has 0 aliphatic rings. The molecule has 0 saturated carbocycles. The first-order chi connectivity index (χ1) is 13.5. The highest BCUT2D eigenvalue weighted by atomic mass is 35.5. The van der Waals surface area contributed by atoms with E-state index in [-0.39, 0.29) is 22.7 Å². The number of carbonyl (C=O) groups is 2. The van der Waals surface area contributed by atoms with Gasteiger partial charge in [-0.15, -0.1) is 0 Å². The monoisotopic (exact) mass is 396 g/mol. The Morgan fingerprint density at radius 2 is 1.61 bits per heavy atom. The van der Waals surface area contributed by atoms with Crippen LogP contribution in [0.3, 0.4) is 0 Å². The van der Waals surface area contributed by atoms with Gasteiger partial charge in [0.25, 0.3) is 11.8 Å². The Bertz CT molecular complexity index is 1020. The van der Waals surface area contributed by atoms with E-state index in [1.54, 1.807) is 12.1 Å². The minimum Gasteiger partial charge on any atom is -0.348 e. The maximum atomic E-state index is 14.3. The molecule has 0 aromatic heterocycles. The van der Waals surface area contributed by atoms with Crippen LogP contribution < -0.4 is 10.6 Å². The van der Waals surface area contributed by atoms with E-state index >= 15 is 0 Å². The van der Waals surface area contributed by atoms with E-state index < -0.39 is 17.6 Å². The Balaban J connectivity index is 1.80. The van der Waals surface area contributed by atoms with Gasteiger partial charge in [-0.1, -0.05) is 60.1 Å². The van der Waals surface area contributed by atoms with Gasteiger partial charge in [-0.25, -0.2) is 4.39 Å². The number of hydrogen-bond acceptors (Lipinski definition) is 2. The fourth-order valence-corrected chi connectivity index (χ4v) is 2.91. The molecule has 0 radical (unpaired) electrons. The Morgan fingerprint density at radius 1 is 0.929 bits per heavy atom. The minimum absolute atomic E-state index is 0.0242. The van der Waals surface area contributed by atoms with Crippen molar-refractivity contribution < 1.29 is 14.0 Å². The molecule has 0 aliphatic heterocycles. The molecule has 0 saturated heterocycles. The van der Waals surface area contributed by atoms with Crippen LogP contribution in [0, 0.1) is 12.7 Å². The second kappa shape index (κ2) is 8.67. The zero-order valence-corrected chi connectivity index (χ0v) is 15.9. The van der Waals surface area contributed by atoms with E-state index in [1.807, 2.05) is 49.4 Å². The lowest BCUT2D eigenvalue weighted by Gasteiger charge is -2.12. The molecule has 28 heavy (non-hydrogen) atoms.